The first-order valence-corrected chi connectivity index (χ1v) is 12.7. The predicted molar refractivity (Wildman–Crippen MR) is 138 cm³/mol. The van der Waals surface area contributed by atoms with Crippen LogP contribution in [0, 0.1) is 0 Å². The molecule has 2 aliphatic rings. The molecule has 1 unspecified atom stereocenters. The Morgan fingerprint density at radius 1 is 1.09 bits per heavy atom. The summed E-state index contributed by atoms with van der Waals surface area (Å²) in [5.74, 6) is 2.38. The summed E-state index contributed by atoms with van der Waals surface area (Å²) in [7, 11) is 1.61. The van der Waals surface area contributed by atoms with E-state index in [1.807, 2.05) is 24.3 Å². The molecule has 5 rings (SSSR count). The molecule has 3 aromatic rings. The number of aliphatic hydroxyl groups excluding tert-OH is 1. The van der Waals surface area contributed by atoms with Crippen molar-refractivity contribution in [3.05, 3.63) is 35.9 Å². The van der Waals surface area contributed by atoms with Gasteiger partial charge in [0.05, 0.1) is 44.1 Å². The average Bonchev–Trinajstić information content (AvgIpc) is 2.92. The third-order valence-electron chi connectivity index (χ3n) is 7.27. The van der Waals surface area contributed by atoms with Crippen molar-refractivity contribution in [3.63, 3.8) is 0 Å². The minimum Gasteiger partial charge on any atom is -0.496 e. The molecule has 8 nitrogen and oxygen atoms in total. The van der Waals surface area contributed by atoms with Gasteiger partial charge < -0.3 is 24.4 Å². The maximum Gasteiger partial charge on any atom is 0.229 e. The maximum absolute atomic E-state index is 9.78. The fourth-order valence-electron chi connectivity index (χ4n) is 5.28. The fourth-order valence-corrected chi connectivity index (χ4v) is 5.28. The third-order valence-corrected chi connectivity index (χ3v) is 7.27. The SMILES string of the molecule is CCC1CCCCN1c1nc(N2CCOC[C@@H]2C)c2ccc(-c3ccc(OC)c(CO)c3)nc2n1. The van der Waals surface area contributed by atoms with E-state index in [4.69, 9.17) is 24.4 Å². The minimum absolute atomic E-state index is 0.0939. The topological polar surface area (TPSA) is 83.8 Å². The number of fused-ring (bicyclic) bond motifs is 1. The molecule has 2 saturated heterocycles. The Balaban J connectivity index is 1.64. The molecule has 0 aliphatic carbocycles. The summed E-state index contributed by atoms with van der Waals surface area (Å²) in [5, 5.41) is 10.7. The number of methoxy groups -OCH3 is 1. The Kier molecular flexibility index (Phi) is 7.02. The van der Waals surface area contributed by atoms with E-state index in [9.17, 15) is 5.11 Å². The summed E-state index contributed by atoms with van der Waals surface area (Å²) in [6.45, 7) is 7.47. The monoisotopic (exact) mass is 477 g/mol. The van der Waals surface area contributed by atoms with Crippen LogP contribution in [0.2, 0.25) is 0 Å². The maximum atomic E-state index is 9.78. The van der Waals surface area contributed by atoms with E-state index in [0.717, 1.165) is 59.9 Å². The normalized spacial score (nSPS) is 20.9. The highest BCUT2D eigenvalue weighted by atomic mass is 16.5. The van der Waals surface area contributed by atoms with Gasteiger partial charge in [-0.05, 0) is 62.9 Å². The molecule has 0 radical (unpaired) electrons. The van der Waals surface area contributed by atoms with Gasteiger partial charge in [0.2, 0.25) is 5.95 Å². The summed E-state index contributed by atoms with van der Waals surface area (Å²) in [6.07, 6.45) is 4.66. The second-order valence-corrected chi connectivity index (χ2v) is 9.47. The van der Waals surface area contributed by atoms with Crippen LogP contribution in [0.4, 0.5) is 11.8 Å². The van der Waals surface area contributed by atoms with Crippen molar-refractivity contribution in [2.75, 3.05) is 43.2 Å². The number of hydrogen-bond donors (Lipinski definition) is 1. The van der Waals surface area contributed by atoms with Gasteiger partial charge in [0.25, 0.3) is 0 Å². The number of aliphatic hydroxyl groups is 1. The van der Waals surface area contributed by atoms with Crippen LogP contribution in [0.1, 0.15) is 45.1 Å². The van der Waals surface area contributed by atoms with Gasteiger partial charge in [-0.2, -0.15) is 9.97 Å². The van der Waals surface area contributed by atoms with Gasteiger partial charge in [0.15, 0.2) is 5.65 Å². The first-order chi connectivity index (χ1) is 17.1. The smallest absolute Gasteiger partial charge is 0.229 e. The molecule has 0 bridgehead atoms. The number of ether oxygens (including phenoxy) is 2. The lowest BCUT2D eigenvalue weighted by Crippen LogP contribution is -2.45. The lowest BCUT2D eigenvalue weighted by Gasteiger charge is -2.38. The number of anilines is 2. The van der Waals surface area contributed by atoms with Crippen LogP contribution in [0.15, 0.2) is 30.3 Å². The minimum atomic E-state index is -0.0939. The summed E-state index contributed by atoms with van der Waals surface area (Å²) in [4.78, 5) is 19.9. The zero-order chi connectivity index (χ0) is 24.4. The molecule has 2 aliphatic heterocycles. The van der Waals surface area contributed by atoms with Gasteiger partial charge in [-0.1, -0.05) is 6.92 Å². The number of morpholine rings is 1. The van der Waals surface area contributed by atoms with E-state index in [-0.39, 0.29) is 12.6 Å². The fraction of sp³-hybridized carbons (Fsp3) is 0.519. The summed E-state index contributed by atoms with van der Waals surface area (Å²) in [5.41, 5.74) is 3.16. The second-order valence-electron chi connectivity index (χ2n) is 9.47. The zero-order valence-electron chi connectivity index (χ0n) is 20.9. The van der Waals surface area contributed by atoms with Gasteiger partial charge in [0, 0.05) is 30.3 Å². The summed E-state index contributed by atoms with van der Waals surface area (Å²) < 4.78 is 11.1. The van der Waals surface area contributed by atoms with E-state index >= 15 is 0 Å². The van der Waals surface area contributed by atoms with Gasteiger partial charge in [-0.25, -0.2) is 4.98 Å². The molecular weight excluding hydrogens is 442 g/mol. The molecule has 0 spiro atoms. The lowest BCUT2D eigenvalue weighted by atomic mass is 10.0. The Hall–Kier alpha value is -2.97. The summed E-state index contributed by atoms with van der Waals surface area (Å²) >= 11 is 0. The van der Waals surface area contributed by atoms with Gasteiger partial charge in [-0.15, -0.1) is 0 Å². The highest BCUT2D eigenvalue weighted by molar-refractivity contribution is 5.90. The first-order valence-electron chi connectivity index (χ1n) is 12.7. The van der Waals surface area contributed by atoms with Gasteiger partial charge in [0.1, 0.15) is 11.6 Å². The van der Waals surface area contributed by atoms with Crippen molar-refractivity contribution < 1.29 is 14.6 Å². The molecule has 2 aromatic heterocycles. The Labute approximate surface area is 206 Å². The third kappa shape index (κ3) is 4.65. The molecule has 2 atom stereocenters. The van der Waals surface area contributed by atoms with E-state index in [0.29, 0.717) is 30.7 Å². The van der Waals surface area contributed by atoms with Crippen molar-refractivity contribution in [3.8, 4) is 17.0 Å². The number of nitrogens with zero attached hydrogens (tertiary/aromatic N) is 5. The molecule has 8 heteroatoms. The van der Waals surface area contributed by atoms with E-state index in [1.54, 1.807) is 7.11 Å². The number of piperidine rings is 1. The highest BCUT2D eigenvalue weighted by Crippen LogP contribution is 2.33. The molecule has 2 fully saturated rings. The van der Waals surface area contributed by atoms with Crippen LogP contribution in [0.3, 0.4) is 0 Å². The molecule has 1 N–H and O–H groups in total. The molecule has 0 amide bonds. The largest absolute Gasteiger partial charge is 0.496 e. The number of hydrogen-bond acceptors (Lipinski definition) is 8. The Bertz CT molecular complexity index is 1190. The standard InChI is InChI=1S/C27H35N5O3/c1-4-21-7-5-6-12-32(21)27-29-25-22(26(30-27)31-13-14-35-17-18(31)2)9-10-23(28-25)19-8-11-24(34-3)20(15-19)16-33/h8-11,15,18,21,33H,4-7,12-14,16-17H2,1-3H3/t18-,21?/m0/s1. The van der Waals surface area contributed by atoms with Gasteiger partial charge in [-0.3, -0.25) is 0 Å². The highest BCUT2D eigenvalue weighted by Gasteiger charge is 2.28. The van der Waals surface area contributed by atoms with E-state index in [1.165, 1.54) is 12.8 Å². The van der Waals surface area contributed by atoms with Crippen molar-refractivity contribution >= 4 is 22.8 Å². The average molecular weight is 478 g/mol. The van der Waals surface area contributed by atoms with Crippen LogP contribution in [-0.2, 0) is 11.3 Å². The van der Waals surface area contributed by atoms with Crippen LogP contribution in [0.5, 0.6) is 5.75 Å². The molecular formula is C27H35N5O3. The van der Waals surface area contributed by atoms with E-state index < -0.39 is 0 Å². The molecule has 35 heavy (non-hydrogen) atoms. The number of benzene rings is 1. The molecule has 1 aromatic carbocycles. The second kappa shape index (κ2) is 10.3. The predicted octanol–water partition coefficient (Wildman–Crippen LogP) is 4.19. The zero-order valence-corrected chi connectivity index (χ0v) is 20.9. The number of aromatic nitrogens is 3. The quantitative estimate of drug-likeness (QED) is 0.566. The molecule has 4 heterocycles. The number of rotatable bonds is 6. The lowest BCUT2D eigenvalue weighted by molar-refractivity contribution is 0.0987. The van der Waals surface area contributed by atoms with Gasteiger partial charge >= 0.3 is 0 Å². The van der Waals surface area contributed by atoms with Crippen LogP contribution in [-0.4, -0.2) is 65.6 Å². The van der Waals surface area contributed by atoms with Crippen LogP contribution in [0.25, 0.3) is 22.3 Å². The van der Waals surface area contributed by atoms with E-state index in [2.05, 4.69) is 29.7 Å². The van der Waals surface area contributed by atoms with Crippen molar-refractivity contribution in [1.82, 2.24) is 15.0 Å². The first kappa shape index (κ1) is 23.8. The van der Waals surface area contributed by atoms with Crippen molar-refractivity contribution in [2.24, 2.45) is 0 Å². The van der Waals surface area contributed by atoms with Crippen LogP contribution >= 0.6 is 0 Å². The van der Waals surface area contributed by atoms with Crippen molar-refractivity contribution in [2.45, 2.75) is 58.2 Å². The molecule has 0 saturated carbocycles. The Morgan fingerprint density at radius 3 is 2.74 bits per heavy atom. The molecule has 186 valence electrons. The number of pyridine rings is 1. The van der Waals surface area contributed by atoms with Crippen molar-refractivity contribution in [1.29, 1.82) is 0 Å². The Morgan fingerprint density at radius 2 is 1.97 bits per heavy atom. The summed E-state index contributed by atoms with van der Waals surface area (Å²) in [6, 6.07) is 10.5. The van der Waals surface area contributed by atoms with Crippen LogP contribution < -0.4 is 14.5 Å².